The van der Waals surface area contributed by atoms with E-state index in [0.717, 1.165) is 5.52 Å². The number of carbonyl (C=O) groups excluding carboxylic acids is 1. The third-order valence-electron chi connectivity index (χ3n) is 2.31. The second-order valence-electron chi connectivity index (χ2n) is 3.32. The average molecular weight is 203 g/mol. The van der Waals surface area contributed by atoms with Crippen LogP contribution in [-0.2, 0) is 0 Å². The summed E-state index contributed by atoms with van der Waals surface area (Å²) in [5.41, 5.74) is 1.47. The molecule has 2 rings (SSSR count). The summed E-state index contributed by atoms with van der Waals surface area (Å²) in [7, 11) is 0. The smallest absolute Gasteiger partial charge is 0.335 e. The van der Waals surface area contributed by atoms with E-state index in [4.69, 9.17) is 5.11 Å². The zero-order chi connectivity index (χ0) is 11.0. The van der Waals surface area contributed by atoms with Crippen LogP contribution in [0.3, 0.4) is 0 Å². The predicted molar refractivity (Wildman–Crippen MR) is 55.3 cm³/mol. The zero-order valence-corrected chi connectivity index (χ0v) is 8.07. The number of carbonyl (C=O) groups is 2. The lowest BCUT2D eigenvalue weighted by Gasteiger charge is -1.96. The summed E-state index contributed by atoms with van der Waals surface area (Å²) in [6.45, 7) is 1.45. The van der Waals surface area contributed by atoms with E-state index in [1.165, 1.54) is 19.1 Å². The largest absolute Gasteiger partial charge is 0.478 e. The molecule has 4 heteroatoms. The Balaban J connectivity index is 2.72. The molecule has 2 N–H and O–H groups in total. The van der Waals surface area contributed by atoms with E-state index >= 15 is 0 Å². The van der Waals surface area contributed by atoms with Gasteiger partial charge in [-0.3, -0.25) is 4.79 Å². The molecule has 0 aliphatic carbocycles. The van der Waals surface area contributed by atoms with E-state index in [0.29, 0.717) is 10.9 Å². The molecule has 0 fully saturated rings. The molecule has 0 amide bonds. The van der Waals surface area contributed by atoms with E-state index in [9.17, 15) is 9.59 Å². The lowest BCUT2D eigenvalue weighted by Crippen LogP contribution is -1.96. The van der Waals surface area contributed by atoms with Gasteiger partial charge in [-0.1, -0.05) is 0 Å². The molecule has 0 aliphatic rings. The monoisotopic (exact) mass is 203 g/mol. The average Bonchev–Trinajstić information content (AvgIpc) is 2.59. The lowest BCUT2D eigenvalue weighted by atomic mass is 10.1. The molecule has 0 saturated carbocycles. The van der Waals surface area contributed by atoms with Crippen molar-refractivity contribution in [2.24, 2.45) is 0 Å². The minimum absolute atomic E-state index is 0.0798. The van der Waals surface area contributed by atoms with Crippen LogP contribution in [0.2, 0.25) is 0 Å². The summed E-state index contributed by atoms with van der Waals surface area (Å²) in [6, 6.07) is 4.67. The van der Waals surface area contributed by atoms with Gasteiger partial charge in [0.2, 0.25) is 0 Å². The number of aromatic nitrogens is 1. The van der Waals surface area contributed by atoms with Crippen molar-refractivity contribution in [3.8, 4) is 0 Å². The van der Waals surface area contributed by atoms with Gasteiger partial charge in [-0.25, -0.2) is 4.79 Å². The Morgan fingerprint density at radius 2 is 2.07 bits per heavy atom. The van der Waals surface area contributed by atoms with Crippen LogP contribution in [0, 0.1) is 0 Å². The Bertz CT molecular complexity index is 554. The molecule has 0 radical (unpaired) electrons. The van der Waals surface area contributed by atoms with Gasteiger partial charge < -0.3 is 10.1 Å². The third-order valence-corrected chi connectivity index (χ3v) is 2.31. The van der Waals surface area contributed by atoms with Gasteiger partial charge in [0.25, 0.3) is 0 Å². The molecule has 4 nitrogen and oxygen atoms in total. The van der Waals surface area contributed by atoms with Gasteiger partial charge >= 0.3 is 5.97 Å². The van der Waals surface area contributed by atoms with E-state index in [1.807, 2.05) is 0 Å². The minimum Gasteiger partial charge on any atom is -0.478 e. The Morgan fingerprint density at radius 3 is 2.67 bits per heavy atom. The lowest BCUT2D eigenvalue weighted by molar-refractivity contribution is 0.0696. The van der Waals surface area contributed by atoms with Crippen LogP contribution < -0.4 is 0 Å². The quantitative estimate of drug-likeness (QED) is 0.734. The molecule has 0 aliphatic heterocycles. The SMILES string of the molecule is CC(=O)c1c[nH]c2ccc(C(=O)O)cc12. The van der Waals surface area contributed by atoms with Gasteiger partial charge in [0, 0.05) is 22.7 Å². The fourth-order valence-corrected chi connectivity index (χ4v) is 1.54. The number of rotatable bonds is 2. The number of fused-ring (bicyclic) bond motifs is 1. The Labute approximate surface area is 85.5 Å². The first-order valence-corrected chi connectivity index (χ1v) is 4.45. The van der Waals surface area contributed by atoms with Crippen LogP contribution in [0.1, 0.15) is 27.6 Å². The fraction of sp³-hybridized carbons (Fsp3) is 0.0909. The maximum atomic E-state index is 11.2. The van der Waals surface area contributed by atoms with Crippen molar-refractivity contribution in [1.82, 2.24) is 4.98 Å². The maximum Gasteiger partial charge on any atom is 0.335 e. The van der Waals surface area contributed by atoms with Crippen molar-refractivity contribution in [2.75, 3.05) is 0 Å². The molecule has 15 heavy (non-hydrogen) atoms. The molecule has 2 aromatic rings. The number of nitrogens with one attached hydrogen (secondary N) is 1. The van der Waals surface area contributed by atoms with Crippen molar-refractivity contribution in [1.29, 1.82) is 0 Å². The molecule has 0 atom stereocenters. The summed E-state index contributed by atoms with van der Waals surface area (Å²) in [5, 5.41) is 9.47. The van der Waals surface area contributed by atoms with Gasteiger partial charge in [-0.2, -0.15) is 0 Å². The number of carboxylic acids is 1. The van der Waals surface area contributed by atoms with Crippen molar-refractivity contribution in [3.05, 3.63) is 35.5 Å². The van der Waals surface area contributed by atoms with Gasteiger partial charge in [0.1, 0.15) is 0 Å². The van der Waals surface area contributed by atoms with Crippen molar-refractivity contribution in [3.63, 3.8) is 0 Å². The van der Waals surface area contributed by atoms with Gasteiger partial charge in [0.05, 0.1) is 5.56 Å². The molecule has 0 bridgehead atoms. The molecule has 0 saturated heterocycles. The number of benzene rings is 1. The maximum absolute atomic E-state index is 11.2. The van der Waals surface area contributed by atoms with Crippen LogP contribution >= 0.6 is 0 Å². The first kappa shape index (κ1) is 9.45. The number of Topliss-reactive ketones (excluding diaryl/α,β-unsaturated/α-hetero) is 1. The van der Waals surface area contributed by atoms with Gasteiger partial charge in [-0.15, -0.1) is 0 Å². The van der Waals surface area contributed by atoms with Crippen LogP contribution in [0.25, 0.3) is 10.9 Å². The topological polar surface area (TPSA) is 70.2 Å². The number of carboxylic acid groups (broad SMARTS) is 1. The number of ketones is 1. The first-order valence-electron chi connectivity index (χ1n) is 4.45. The highest BCUT2D eigenvalue weighted by molar-refractivity contribution is 6.08. The molecule has 1 aromatic carbocycles. The molecule has 0 unspecified atom stereocenters. The van der Waals surface area contributed by atoms with Gasteiger partial charge in [0.15, 0.2) is 5.78 Å². The summed E-state index contributed by atoms with van der Waals surface area (Å²) in [4.78, 5) is 24.9. The molecule has 0 spiro atoms. The third kappa shape index (κ3) is 1.50. The van der Waals surface area contributed by atoms with Crippen LogP contribution in [-0.4, -0.2) is 21.8 Å². The van der Waals surface area contributed by atoms with E-state index in [1.54, 1.807) is 12.3 Å². The minimum atomic E-state index is -0.993. The number of hydrogen-bond acceptors (Lipinski definition) is 2. The molecule has 76 valence electrons. The Hall–Kier alpha value is -2.10. The van der Waals surface area contributed by atoms with Crippen molar-refractivity contribution < 1.29 is 14.7 Å². The van der Waals surface area contributed by atoms with E-state index < -0.39 is 5.97 Å². The van der Waals surface area contributed by atoms with Crippen molar-refractivity contribution >= 4 is 22.7 Å². The summed E-state index contributed by atoms with van der Waals surface area (Å²) >= 11 is 0. The zero-order valence-electron chi connectivity index (χ0n) is 8.07. The van der Waals surface area contributed by atoms with Crippen LogP contribution in [0.4, 0.5) is 0 Å². The molecule has 1 heterocycles. The highest BCUT2D eigenvalue weighted by Gasteiger charge is 2.10. The Morgan fingerprint density at radius 1 is 1.33 bits per heavy atom. The summed E-state index contributed by atoms with van der Waals surface area (Å²) < 4.78 is 0. The van der Waals surface area contributed by atoms with Gasteiger partial charge in [-0.05, 0) is 25.1 Å². The number of aromatic amines is 1. The predicted octanol–water partition coefficient (Wildman–Crippen LogP) is 2.07. The molecular formula is C11H9NO3. The number of hydrogen-bond donors (Lipinski definition) is 2. The molecular weight excluding hydrogens is 194 g/mol. The first-order chi connectivity index (χ1) is 7.09. The van der Waals surface area contributed by atoms with E-state index in [-0.39, 0.29) is 11.3 Å². The van der Waals surface area contributed by atoms with Crippen LogP contribution in [0.15, 0.2) is 24.4 Å². The van der Waals surface area contributed by atoms with Crippen LogP contribution in [0.5, 0.6) is 0 Å². The second kappa shape index (κ2) is 3.24. The fourth-order valence-electron chi connectivity index (χ4n) is 1.54. The Kier molecular flexibility index (Phi) is 2.04. The summed E-state index contributed by atoms with van der Waals surface area (Å²) in [6.07, 6.45) is 1.60. The summed E-state index contributed by atoms with van der Waals surface area (Å²) in [5.74, 6) is -1.07. The molecule has 1 aromatic heterocycles. The normalized spacial score (nSPS) is 10.5. The highest BCUT2D eigenvalue weighted by Crippen LogP contribution is 2.20. The highest BCUT2D eigenvalue weighted by atomic mass is 16.4. The number of aromatic carboxylic acids is 1. The second-order valence-corrected chi connectivity index (χ2v) is 3.32. The standard InChI is InChI=1S/C11H9NO3/c1-6(13)9-5-12-10-3-2-7(11(14)15)4-8(9)10/h2-5,12H,1H3,(H,14,15). The number of H-pyrrole nitrogens is 1. The van der Waals surface area contributed by atoms with E-state index in [2.05, 4.69) is 4.98 Å². The van der Waals surface area contributed by atoms with Crippen molar-refractivity contribution in [2.45, 2.75) is 6.92 Å².